The molecule has 3 heterocycles. The molecule has 0 aliphatic carbocycles. The molecule has 0 saturated heterocycles. The number of fused-ring (bicyclic) bond motifs is 1. The van der Waals surface area contributed by atoms with Crippen molar-refractivity contribution in [3.8, 4) is 5.75 Å². The number of thiophene rings is 1. The van der Waals surface area contributed by atoms with Gasteiger partial charge >= 0.3 is 5.97 Å². The summed E-state index contributed by atoms with van der Waals surface area (Å²) < 4.78 is 15.6. The molecule has 4 aromatic rings. The third-order valence-corrected chi connectivity index (χ3v) is 9.37. The van der Waals surface area contributed by atoms with Gasteiger partial charge in [0.1, 0.15) is 11.8 Å². The van der Waals surface area contributed by atoms with Crippen LogP contribution in [0.2, 0.25) is 0 Å². The largest absolute Gasteiger partial charge is 0.489 e. The molecule has 0 N–H and O–H groups in total. The summed E-state index contributed by atoms with van der Waals surface area (Å²) in [6.45, 7) is 5.99. The van der Waals surface area contributed by atoms with Crippen molar-refractivity contribution < 1.29 is 14.3 Å². The average molecular weight is 782 g/mol. The molecule has 10 heteroatoms. The van der Waals surface area contributed by atoms with Crippen molar-refractivity contribution in [2.45, 2.75) is 32.9 Å². The fourth-order valence-electron chi connectivity index (χ4n) is 4.32. The lowest BCUT2D eigenvalue weighted by Crippen LogP contribution is -2.39. The summed E-state index contributed by atoms with van der Waals surface area (Å²) >= 11 is 7.35. The monoisotopic (exact) mass is 782 g/mol. The van der Waals surface area contributed by atoms with Gasteiger partial charge in [0.05, 0.1) is 35.7 Å². The van der Waals surface area contributed by atoms with Crippen LogP contribution in [0.25, 0.3) is 11.8 Å². The first kappa shape index (κ1) is 28.2. The molecule has 200 valence electrons. The van der Waals surface area contributed by atoms with Gasteiger partial charge in [-0.25, -0.2) is 9.79 Å². The Balaban J connectivity index is 1.74. The van der Waals surface area contributed by atoms with Crippen LogP contribution in [0, 0.1) is 7.14 Å². The van der Waals surface area contributed by atoms with Crippen molar-refractivity contribution in [1.82, 2.24) is 4.57 Å². The second-order valence-corrected chi connectivity index (χ2v) is 13.2. The third-order valence-electron chi connectivity index (χ3n) is 5.86. The standard InChI is InChI=1S/C29H24I2N2O4S2/c1-4-36-28(35)23-24(18-9-6-5-7-10-18)32-29-33(25(23)21-11-8-12-38-21)27(34)22(39-29)15-17-13-19(30)26(20(31)14-17)37-16(2)3/h5-16,25H,4H2,1-3H3/b22-15-/t25-/m1/s1. The number of hydrogen-bond donors (Lipinski definition) is 0. The van der Waals surface area contributed by atoms with Gasteiger partial charge in [-0.15, -0.1) is 11.3 Å². The number of carbonyl (C=O) groups is 1. The minimum Gasteiger partial charge on any atom is -0.489 e. The summed E-state index contributed by atoms with van der Waals surface area (Å²) in [6, 6.07) is 16.8. The predicted molar refractivity (Wildman–Crippen MR) is 173 cm³/mol. The van der Waals surface area contributed by atoms with Gasteiger partial charge < -0.3 is 9.47 Å². The summed E-state index contributed by atoms with van der Waals surface area (Å²) in [7, 11) is 0. The van der Waals surface area contributed by atoms with Crippen molar-refractivity contribution >= 4 is 85.6 Å². The second-order valence-electron chi connectivity index (χ2n) is 8.93. The third kappa shape index (κ3) is 5.79. The predicted octanol–water partition coefficient (Wildman–Crippen LogP) is 5.99. The van der Waals surface area contributed by atoms with Gasteiger partial charge in [0.15, 0.2) is 4.80 Å². The maximum Gasteiger partial charge on any atom is 0.338 e. The van der Waals surface area contributed by atoms with Crippen LogP contribution in [0.1, 0.15) is 42.8 Å². The molecule has 0 saturated carbocycles. The lowest BCUT2D eigenvalue weighted by Gasteiger charge is -2.24. The molecule has 0 amide bonds. The number of benzene rings is 2. The highest BCUT2D eigenvalue weighted by Gasteiger charge is 2.35. The van der Waals surface area contributed by atoms with Crippen molar-refractivity contribution in [3.63, 3.8) is 0 Å². The molecule has 1 aliphatic heterocycles. The zero-order valence-electron chi connectivity index (χ0n) is 21.3. The molecule has 39 heavy (non-hydrogen) atoms. The molecule has 5 rings (SSSR count). The van der Waals surface area contributed by atoms with E-state index in [0.29, 0.717) is 20.6 Å². The average Bonchev–Trinajstić information content (AvgIpc) is 3.54. The Bertz CT molecular complexity index is 1720. The lowest BCUT2D eigenvalue weighted by molar-refractivity contribution is -0.138. The Kier molecular flexibility index (Phi) is 8.74. The molecule has 2 aromatic heterocycles. The normalized spacial score (nSPS) is 15.3. The lowest BCUT2D eigenvalue weighted by atomic mass is 9.97. The first-order valence-electron chi connectivity index (χ1n) is 12.3. The van der Waals surface area contributed by atoms with Gasteiger partial charge in [-0.1, -0.05) is 47.7 Å². The zero-order valence-corrected chi connectivity index (χ0v) is 27.3. The van der Waals surface area contributed by atoms with E-state index in [0.717, 1.165) is 28.9 Å². The number of hydrogen-bond acceptors (Lipinski definition) is 7. The van der Waals surface area contributed by atoms with Gasteiger partial charge in [0, 0.05) is 10.4 Å². The van der Waals surface area contributed by atoms with Crippen LogP contribution in [0.5, 0.6) is 5.75 Å². The Morgan fingerprint density at radius 1 is 1.13 bits per heavy atom. The number of rotatable bonds is 7. The topological polar surface area (TPSA) is 69.9 Å². The van der Waals surface area contributed by atoms with Crippen molar-refractivity contribution in [3.05, 3.63) is 108 Å². The minimum atomic E-state index is -0.639. The van der Waals surface area contributed by atoms with E-state index >= 15 is 0 Å². The molecule has 0 radical (unpaired) electrons. The number of halogens is 2. The number of aromatic nitrogens is 1. The van der Waals surface area contributed by atoms with E-state index in [2.05, 4.69) is 45.2 Å². The van der Waals surface area contributed by atoms with Gasteiger partial charge in [-0.3, -0.25) is 9.36 Å². The Morgan fingerprint density at radius 3 is 2.46 bits per heavy atom. The van der Waals surface area contributed by atoms with Gasteiger partial charge in [0.2, 0.25) is 0 Å². The fraction of sp³-hybridized carbons (Fsp3) is 0.207. The number of nitrogens with zero attached hydrogens (tertiary/aromatic N) is 2. The Morgan fingerprint density at radius 2 is 1.85 bits per heavy atom. The fourth-order valence-corrected chi connectivity index (χ4v) is 8.21. The second kappa shape index (κ2) is 12.1. The molecule has 0 unspecified atom stereocenters. The van der Waals surface area contributed by atoms with E-state index in [4.69, 9.17) is 14.5 Å². The van der Waals surface area contributed by atoms with E-state index < -0.39 is 12.0 Å². The molecule has 1 aliphatic rings. The minimum absolute atomic E-state index is 0.0613. The number of ether oxygens (including phenoxy) is 2. The van der Waals surface area contributed by atoms with Crippen LogP contribution in [-0.2, 0) is 9.53 Å². The van der Waals surface area contributed by atoms with Gasteiger partial charge in [-0.05, 0) is 101 Å². The quantitative estimate of drug-likeness (QED) is 0.171. The van der Waals surface area contributed by atoms with E-state index in [1.807, 2.05) is 79.9 Å². The van der Waals surface area contributed by atoms with Crippen molar-refractivity contribution in [2.75, 3.05) is 6.61 Å². The molecule has 0 spiro atoms. The maximum atomic E-state index is 14.0. The molecule has 6 nitrogen and oxygen atoms in total. The summed E-state index contributed by atoms with van der Waals surface area (Å²) in [4.78, 5) is 33.7. The number of thiazole rings is 1. The van der Waals surface area contributed by atoms with Crippen LogP contribution in [0.15, 0.2) is 75.3 Å². The van der Waals surface area contributed by atoms with Gasteiger partial charge in [0.25, 0.3) is 5.56 Å². The molecular formula is C29H24I2N2O4S2. The van der Waals surface area contributed by atoms with Crippen LogP contribution in [0.4, 0.5) is 0 Å². The van der Waals surface area contributed by atoms with E-state index in [-0.39, 0.29) is 18.3 Å². The molecule has 1 atom stereocenters. The highest BCUT2D eigenvalue weighted by Crippen LogP contribution is 2.37. The Labute approximate surface area is 261 Å². The molecule has 0 fully saturated rings. The van der Waals surface area contributed by atoms with E-state index in [1.54, 1.807) is 11.5 Å². The summed E-state index contributed by atoms with van der Waals surface area (Å²) in [5, 5.41) is 1.95. The van der Waals surface area contributed by atoms with Crippen LogP contribution < -0.4 is 19.6 Å². The highest BCUT2D eigenvalue weighted by atomic mass is 127. The Hall–Kier alpha value is -2.29. The van der Waals surface area contributed by atoms with Crippen LogP contribution in [-0.4, -0.2) is 23.2 Å². The van der Waals surface area contributed by atoms with E-state index in [9.17, 15) is 9.59 Å². The van der Waals surface area contributed by atoms with E-state index in [1.165, 1.54) is 22.7 Å². The number of esters is 1. The van der Waals surface area contributed by atoms with Gasteiger partial charge in [-0.2, -0.15) is 0 Å². The summed E-state index contributed by atoms with van der Waals surface area (Å²) in [6.07, 6.45) is 1.95. The SMILES string of the molecule is CCOC(=O)C1=C(c2ccccc2)N=c2s/c(=C\c3cc(I)c(OC(C)C)c(I)c3)c(=O)n2[C@@H]1c1cccs1. The molecule has 0 bridgehead atoms. The van der Waals surface area contributed by atoms with Crippen LogP contribution in [0.3, 0.4) is 0 Å². The summed E-state index contributed by atoms with van der Waals surface area (Å²) in [5.74, 6) is 0.367. The molecular weight excluding hydrogens is 758 g/mol. The van der Waals surface area contributed by atoms with Crippen molar-refractivity contribution in [2.24, 2.45) is 4.99 Å². The molecule has 2 aromatic carbocycles. The summed E-state index contributed by atoms with van der Waals surface area (Å²) in [5.41, 5.74) is 2.39. The first-order chi connectivity index (χ1) is 18.8. The maximum absolute atomic E-state index is 14.0. The van der Waals surface area contributed by atoms with Crippen LogP contribution >= 0.6 is 67.9 Å². The smallest absolute Gasteiger partial charge is 0.338 e. The zero-order chi connectivity index (χ0) is 27.7. The van der Waals surface area contributed by atoms with Crippen molar-refractivity contribution in [1.29, 1.82) is 0 Å². The first-order valence-corrected chi connectivity index (χ1v) is 16.1. The number of carbonyl (C=O) groups excluding carboxylic acids is 1. The highest BCUT2D eigenvalue weighted by molar-refractivity contribution is 14.1.